The third kappa shape index (κ3) is 5.54. The first-order valence-electron chi connectivity index (χ1n) is 8.86. The summed E-state index contributed by atoms with van der Waals surface area (Å²) in [7, 11) is 5.03. The van der Waals surface area contributed by atoms with Crippen LogP contribution in [-0.2, 0) is 13.0 Å². The summed E-state index contributed by atoms with van der Waals surface area (Å²) in [5.41, 5.74) is 2.05. The van der Waals surface area contributed by atoms with E-state index in [1.807, 2.05) is 48.5 Å². The third-order valence-electron chi connectivity index (χ3n) is 4.28. The summed E-state index contributed by atoms with van der Waals surface area (Å²) >= 11 is 0. The summed E-state index contributed by atoms with van der Waals surface area (Å²) in [4.78, 5) is 4.26. The van der Waals surface area contributed by atoms with Gasteiger partial charge in [-0.15, -0.1) is 24.0 Å². The molecule has 0 spiro atoms. The van der Waals surface area contributed by atoms with Crippen LogP contribution in [0, 0.1) is 0 Å². The fourth-order valence-corrected chi connectivity index (χ4v) is 2.88. The van der Waals surface area contributed by atoms with Crippen molar-refractivity contribution >= 4 is 40.9 Å². The maximum Gasteiger partial charge on any atom is 0.191 e. The molecule has 0 atom stereocenters. The molecule has 0 unspecified atom stereocenters. The minimum absolute atomic E-state index is 0. The highest BCUT2D eigenvalue weighted by Crippen LogP contribution is 2.27. The van der Waals surface area contributed by atoms with E-state index < -0.39 is 0 Å². The summed E-state index contributed by atoms with van der Waals surface area (Å²) in [6.07, 6.45) is 0.839. The lowest BCUT2D eigenvalue weighted by atomic mass is 10.1. The zero-order valence-corrected chi connectivity index (χ0v) is 18.7. The molecule has 0 bridgehead atoms. The number of methoxy groups -OCH3 is 2. The molecular weight excluding hydrogens is 469 g/mol. The molecule has 2 aromatic carbocycles. The van der Waals surface area contributed by atoms with E-state index >= 15 is 0 Å². The SMILES string of the molecule is CN=C(NCCc1ccc(OC)c(OC)c1)NCc1cc2ccccc2o1.I. The molecule has 7 heteroatoms. The average molecular weight is 495 g/mol. The maximum absolute atomic E-state index is 5.81. The number of hydrogen-bond acceptors (Lipinski definition) is 4. The normalized spacial score (nSPS) is 11.0. The number of para-hydroxylation sites is 1. The van der Waals surface area contributed by atoms with Crippen LogP contribution < -0.4 is 20.1 Å². The van der Waals surface area contributed by atoms with Gasteiger partial charge in [0.05, 0.1) is 20.8 Å². The Labute approximate surface area is 182 Å². The smallest absolute Gasteiger partial charge is 0.191 e. The molecule has 28 heavy (non-hydrogen) atoms. The minimum Gasteiger partial charge on any atom is -0.493 e. The Morgan fingerprint density at radius 1 is 1.00 bits per heavy atom. The van der Waals surface area contributed by atoms with Gasteiger partial charge in [0.2, 0.25) is 0 Å². The first kappa shape index (κ1) is 21.9. The van der Waals surface area contributed by atoms with Crippen molar-refractivity contribution in [1.29, 1.82) is 0 Å². The van der Waals surface area contributed by atoms with Crippen LogP contribution in [-0.4, -0.2) is 33.8 Å². The summed E-state index contributed by atoms with van der Waals surface area (Å²) in [6.45, 7) is 1.32. The van der Waals surface area contributed by atoms with E-state index in [1.165, 1.54) is 0 Å². The molecular formula is C21H26IN3O3. The van der Waals surface area contributed by atoms with Crippen molar-refractivity contribution in [3.05, 3.63) is 59.9 Å². The predicted octanol–water partition coefficient (Wildman–Crippen LogP) is 3.98. The monoisotopic (exact) mass is 495 g/mol. The number of fused-ring (bicyclic) bond motifs is 1. The van der Waals surface area contributed by atoms with Gasteiger partial charge in [-0.25, -0.2) is 0 Å². The number of hydrogen-bond donors (Lipinski definition) is 2. The van der Waals surface area contributed by atoms with Crippen LogP contribution in [0.3, 0.4) is 0 Å². The highest BCUT2D eigenvalue weighted by molar-refractivity contribution is 14.0. The van der Waals surface area contributed by atoms with Crippen molar-refractivity contribution in [2.45, 2.75) is 13.0 Å². The number of aliphatic imine (C=N–C) groups is 1. The van der Waals surface area contributed by atoms with Crippen LogP contribution >= 0.6 is 24.0 Å². The molecule has 0 fully saturated rings. The van der Waals surface area contributed by atoms with Gasteiger partial charge in [0, 0.05) is 19.0 Å². The Morgan fingerprint density at radius 3 is 2.50 bits per heavy atom. The summed E-state index contributed by atoms with van der Waals surface area (Å²) < 4.78 is 16.4. The van der Waals surface area contributed by atoms with E-state index in [2.05, 4.69) is 15.6 Å². The van der Waals surface area contributed by atoms with Gasteiger partial charge in [0.15, 0.2) is 17.5 Å². The minimum atomic E-state index is 0. The number of halogens is 1. The molecule has 0 aliphatic carbocycles. The molecule has 3 aromatic rings. The second-order valence-corrected chi connectivity index (χ2v) is 6.04. The van der Waals surface area contributed by atoms with Gasteiger partial charge in [0.1, 0.15) is 11.3 Å². The zero-order valence-electron chi connectivity index (χ0n) is 16.3. The van der Waals surface area contributed by atoms with E-state index in [9.17, 15) is 0 Å². The highest BCUT2D eigenvalue weighted by atomic mass is 127. The van der Waals surface area contributed by atoms with Crippen LogP contribution in [0.15, 0.2) is 57.9 Å². The van der Waals surface area contributed by atoms with Crippen molar-refractivity contribution in [3.63, 3.8) is 0 Å². The van der Waals surface area contributed by atoms with Crippen LogP contribution in [0.1, 0.15) is 11.3 Å². The lowest BCUT2D eigenvalue weighted by Gasteiger charge is -2.12. The largest absolute Gasteiger partial charge is 0.493 e. The van der Waals surface area contributed by atoms with Crippen LogP contribution in [0.4, 0.5) is 0 Å². The second kappa shape index (κ2) is 10.8. The Hall–Kier alpha value is -2.42. The number of rotatable bonds is 7. The Morgan fingerprint density at radius 2 is 1.79 bits per heavy atom. The quantitative estimate of drug-likeness (QED) is 0.295. The maximum atomic E-state index is 5.81. The van der Waals surface area contributed by atoms with E-state index in [4.69, 9.17) is 13.9 Å². The van der Waals surface area contributed by atoms with E-state index in [-0.39, 0.29) is 24.0 Å². The molecule has 6 nitrogen and oxygen atoms in total. The van der Waals surface area contributed by atoms with Crippen molar-refractivity contribution in [3.8, 4) is 11.5 Å². The summed E-state index contributed by atoms with van der Waals surface area (Å²) in [5.74, 6) is 3.08. The standard InChI is InChI=1S/C21H25N3O3.HI/c1-22-21(24-14-17-13-16-6-4-5-7-18(16)27-17)23-11-10-15-8-9-19(25-2)20(12-15)26-3;/h4-9,12-13H,10-11,14H2,1-3H3,(H2,22,23,24);1H. The molecule has 0 amide bonds. The molecule has 1 aromatic heterocycles. The van der Waals surface area contributed by atoms with Gasteiger partial charge >= 0.3 is 0 Å². The van der Waals surface area contributed by atoms with Gasteiger partial charge in [-0.2, -0.15) is 0 Å². The van der Waals surface area contributed by atoms with Crippen LogP contribution in [0.5, 0.6) is 11.5 Å². The van der Waals surface area contributed by atoms with Gasteiger partial charge in [-0.3, -0.25) is 4.99 Å². The number of nitrogens with zero attached hydrogens (tertiary/aromatic N) is 1. The fraction of sp³-hybridized carbons (Fsp3) is 0.286. The molecule has 3 rings (SSSR count). The molecule has 0 saturated carbocycles. The molecule has 0 aliphatic heterocycles. The zero-order chi connectivity index (χ0) is 19.1. The average Bonchev–Trinajstić information content (AvgIpc) is 3.13. The summed E-state index contributed by atoms with van der Waals surface area (Å²) in [6, 6.07) is 16.0. The summed E-state index contributed by atoms with van der Waals surface area (Å²) in [5, 5.41) is 7.69. The first-order chi connectivity index (χ1) is 13.2. The molecule has 0 aliphatic rings. The van der Waals surface area contributed by atoms with Crippen molar-refractivity contribution in [2.75, 3.05) is 27.8 Å². The lowest BCUT2D eigenvalue weighted by Crippen LogP contribution is -2.37. The molecule has 0 radical (unpaired) electrons. The van der Waals surface area contributed by atoms with E-state index in [0.717, 1.165) is 52.7 Å². The first-order valence-corrected chi connectivity index (χ1v) is 8.86. The lowest BCUT2D eigenvalue weighted by molar-refractivity contribution is 0.354. The van der Waals surface area contributed by atoms with Gasteiger partial charge in [-0.1, -0.05) is 24.3 Å². The topological polar surface area (TPSA) is 68.0 Å². The predicted molar refractivity (Wildman–Crippen MR) is 123 cm³/mol. The number of benzene rings is 2. The van der Waals surface area contributed by atoms with E-state index in [0.29, 0.717) is 6.54 Å². The van der Waals surface area contributed by atoms with Gasteiger partial charge in [-0.05, 0) is 36.2 Å². The highest BCUT2D eigenvalue weighted by Gasteiger charge is 2.06. The molecule has 0 saturated heterocycles. The second-order valence-electron chi connectivity index (χ2n) is 6.04. The van der Waals surface area contributed by atoms with Crippen molar-refractivity contribution < 1.29 is 13.9 Å². The van der Waals surface area contributed by atoms with Gasteiger partial charge < -0.3 is 24.5 Å². The van der Waals surface area contributed by atoms with Crippen LogP contribution in [0.25, 0.3) is 11.0 Å². The Bertz CT molecular complexity index is 891. The van der Waals surface area contributed by atoms with Gasteiger partial charge in [0.25, 0.3) is 0 Å². The third-order valence-corrected chi connectivity index (χ3v) is 4.28. The molecule has 150 valence electrons. The fourth-order valence-electron chi connectivity index (χ4n) is 2.88. The van der Waals surface area contributed by atoms with E-state index in [1.54, 1.807) is 21.3 Å². The Kier molecular flexibility index (Phi) is 8.43. The Balaban J connectivity index is 0.00000280. The number of guanidine groups is 1. The van der Waals surface area contributed by atoms with Crippen molar-refractivity contribution in [2.24, 2.45) is 4.99 Å². The van der Waals surface area contributed by atoms with Crippen molar-refractivity contribution in [1.82, 2.24) is 10.6 Å². The number of ether oxygens (including phenoxy) is 2. The van der Waals surface area contributed by atoms with Crippen LogP contribution in [0.2, 0.25) is 0 Å². The number of nitrogens with one attached hydrogen (secondary N) is 2. The molecule has 1 heterocycles. The number of furan rings is 1. The molecule has 2 N–H and O–H groups in total.